The number of aromatic nitrogens is 1. The first-order valence-corrected chi connectivity index (χ1v) is 5.23. The standard InChI is InChI=1S/C10H13ClN2O3/c1-2-6(5-14)12-8-4-3-7(11)9(13-8)10(15)16/h3-4,6,14H,2,5H2,1H3,(H,12,13)(H,15,16). The summed E-state index contributed by atoms with van der Waals surface area (Å²) in [6, 6.07) is 2.90. The number of aliphatic hydroxyl groups excluding tert-OH is 1. The van der Waals surface area contributed by atoms with Gasteiger partial charge in [0.1, 0.15) is 5.82 Å². The number of carboxylic acids is 1. The van der Waals surface area contributed by atoms with Crippen molar-refractivity contribution in [2.75, 3.05) is 11.9 Å². The number of halogens is 1. The summed E-state index contributed by atoms with van der Waals surface area (Å²) < 4.78 is 0. The molecule has 5 nitrogen and oxygen atoms in total. The van der Waals surface area contributed by atoms with Crippen LogP contribution in [0.15, 0.2) is 12.1 Å². The molecule has 0 saturated carbocycles. The minimum Gasteiger partial charge on any atom is -0.476 e. The van der Waals surface area contributed by atoms with Crippen molar-refractivity contribution in [2.24, 2.45) is 0 Å². The fraction of sp³-hybridized carbons (Fsp3) is 0.400. The molecule has 0 amide bonds. The van der Waals surface area contributed by atoms with Crippen molar-refractivity contribution in [3.05, 3.63) is 22.8 Å². The molecule has 1 atom stereocenters. The maximum Gasteiger partial charge on any atom is 0.356 e. The van der Waals surface area contributed by atoms with E-state index in [9.17, 15) is 4.79 Å². The molecule has 1 unspecified atom stereocenters. The molecule has 1 aromatic rings. The van der Waals surface area contributed by atoms with Crippen molar-refractivity contribution in [3.63, 3.8) is 0 Å². The van der Waals surface area contributed by atoms with Gasteiger partial charge < -0.3 is 15.5 Å². The molecule has 0 saturated heterocycles. The summed E-state index contributed by atoms with van der Waals surface area (Å²) in [4.78, 5) is 14.6. The molecule has 0 bridgehead atoms. The normalized spacial score (nSPS) is 12.2. The van der Waals surface area contributed by atoms with Gasteiger partial charge in [-0.2, -0.15) is 0 Å². The summed E-state index contributed by atoms with van der Waals surface area (Å²) in [5, 5.41) is 20.8. The van der Waals surface area contributed by atoms with Crippen molar-refractivity contribution in [2.45, 2.75) is 19.4 Å². The van der Waals surface area contributed by atoms with Gasteiger partial charge in [0.05, 0.1) is 17.7 Å². The Kier molecular flexibility index (Phi) is 4.52. The van der Waals surface area contributed by atoms with E-state index in [4.69, 9.17) is 21.8 Å². The number of hydrogen-bond acceptors (Lipinski definition) is 4. The summed E-state index contributed by atoms with van der Waals surface area (Å²) in [5.41, 5.74) is -0.195. The predicted octanol–water partition coefficient (Wildman–Crippen LogP) is 1.62. The second-order valence-corrected chi connectivity index (χ2v) is 3.67. The smallest absolute Gasteiger partial charge is 0.356 e. The maximum atomic E-state index is 10.8. The van der Waals surface area contributed by atoms with E-state index < -0.39 is 5.97 Å². The first kappa shape index (κ1) is 12.7. The number of aromatic carboxylic acids is 1. The van der Waals surface area contributed by atoms with Gasteiger partial charge in [0, 0.05) is 0 Å². The van der Waals surface area contributed by atoms with E-state index in [2.05, 4.69) is 10.3 Å². The Morgan fingerprint density at radius 2 is 2.31 bits per heavy atom. The van der Waals surface area contributed by atoms with Crippen LogP contribution in [0.1, 0.15) is 23.8 Å². The molecule has 6 heteroatoms. The lowest BCUT2D eigenvalue weighted by Crippen LogP contribution is -2.23. The molecule has 0 aromatic carbocycles. The van der Waals surface area contributed by atoms with Crippen LogP contribution in [-0.4, -0.2) is 33.8 Å². The molecule has 0 spiro atoms. The van der Waals surface area contributed by atoms with E-state index in [1.807, 2.05) is 6.92 Å². The van der Waals surface area contributed by atoms with Crippen molar-refractivity contribution >= 4 is 23.4 Å². The van der Waals surface area contributed by atoms with Crippen LogP contribution in [0, 0.1) is 0 Å². The number of hydrogen-bond donors (Lipinski definition) is 3. The van der Waals surface area contributed by atoms with Crippen LogP contribution < -0.4 is 5.32 Å². The Morgan fingerprint density at radius 1 is 1.62 bits per heavy atom. The van der Waals surface area contributed by atoms with Gasteiger partial charge in [0.25, 0.3) is 0 Å². The van der Waals surface area contributed by atoms with E-state index in [-0.39, 0.29) is 23.4 Å². The van der Waals surface area contributed by atoms with Crippen molar-refractivity contribution in [1.82, 2.24) is 4.98 Å². The molecule has 0 aliphatic heterocycles. The van der Waals surface area contributed by atoms with E-state index in [1.165, 1.54) is 6.07 Å². The molecule has 0 radical (unpaired) electrons. The SMILES string of the molecule is CCC(CO)Nc1ccc(Cl)c(C(=O)O)n1. The third-order valence-corrected chi connectivity index (χ3v) is 2.42. The minimum absolute atomic E-state index is 0.0385. The van der Waals surface area contributed by atoms with Crippen molar-refractivity contribution in [1.29, 1.82) is 0 Å². The van der Waals surface area contributed by atoms with Gasteiger partial charge in [0.2, 0.25) is 0 Å². The molecule has 16 heavy (non-hydrogen) atoms. The average molecular weight is 245 g/mol. The molecular weight excluding hydrogens is 232 g/mol. The molecule has 1 rings (SSSR count). The molecule has 0 fully saturated rings. The van der Waals surface area contributed by atoms with Gasteiger partial charge in [-0.3, -0.25) is 0 Å². The van der Waals surface area contributed by atoms with Crippen LogP contribution >= 0.6 is 11.6 Å². The quantitative estimate of drug-likeness (QED) is 0.733. The molecule has 0 aliphatic rings. The molecule has 1 aromatic heterocycles. The van der Waals surface area contributed by atoms with E-state index in [0.29, 0.717) is 12.2 Å². The van der Waals surface area contributed by atoms with Crippen LogP contribution in [-0.2, 0) is 0 Å². The Bertz CT molecular complexity index is 380. The zero-order chi connectivity index (χ0) is 12.1. The Morgan fingerprint density at radius 3 is 2.81 bits per heavy atom. The minimum atomic E-state index is -1.18. The summed E-state index contributed by atoms with van der Waals surface area (Å²) in [7, 11) is 0. The number of nitrogens with one attached hydrogen (secondary N) is 1. The lowest BCUT2D eigenvalue weighted by atomic mass is 10.2. The highest BCUT2D eigenvalue weighted by atomic mass is 35.5. The van der Waals surface area contributed by atoms with Gasteiger partial charge >= 0.3 is 5.97 Å². The fourth-order valence-corrected chi connectivity index (χ4v) is 1.34. The first-order chi connectivity index (χ1) is 7.58. The largest absolute Gasteiger partial charge is 0.476 e. The molecular formula is C10H13ClN2O3. The zero-order valence-electron chi connectivity index (χ0n) is 8.77. The average Bonchev–Trinajstić information content (AvgIpc) is 2.27. The number of pyridine rings is 1. The van der Waals surface area contributed by atoms with E-state index in [1.54, 1.807) is 6.07 Å². The van der Waals surface area contributed by atoms with Crippen LogP contribution in [0.3, 0.4) is 0 Å². The molecule has 3 N–H and O–H groups in total. The fourth-order valence-electron chi connectivity index (χ4n) is 1.16. The van der Waals surface area contributed by atoms with Crippen LogP contribution in [0.5, 0.6) is 0 Å². The highest BCUT2D eigenvalue weighted by Crippen LogP contribution is 2.17. The number of nitrogens with zero attached hydrogens (tertiary/aromatic N) is 1. The van der Waals surface area contributed by atoms with Crippen molar-refractivity contribution in [3.8, 4) is 0 Å². The highest BCUT2D eigenvalue weighted by Gasteiger charge is 2.12. The van der Waals surface area contributed by atoms with Crippen LogP contribution in [0.4, 0.5) is 5.82 Å². The first-order valence-electron chi connectivity index (χ1n) is 4.85. The maximum absolute atomic E-state index is 10.8. The third-order valence-electron chi connectivity index (χ3n) is 2.11. The lowest BCUT2D eigenvalue weighted by Gasteiger charge is -2.14. The highest BCUT2D eigenvalue weighted by molar-refractivity contribution is 6.33. The molecule has 88 valence electrons. The molecule has 0 aliphatic carbocycles. The van der Waals surface area contributed by atoms with Gasteiger partial charge in [-0.25, -0.2) is 9.78 Å². The van der Waals surface area contributed by atoms with E-state index >= 15 is 0 Å². The number of carboxylic acid groups (broad SMARTS) is 1. The summed E-state index contributed by atoms with van der Waals surface area (Å²) in [6.07, 6.45) is 0.712. The number of rotatable bonds is 5. The third kappa shape index (κ3) is 3.08. The monoisotopic (exact) mass is 244 g/mol. The van der Waals surface area contributed by atoms with Gasteiger partial charge in [0.15, 0.2) is 5.69 Å². The second-order valence-electron chi connectivity index (χ2n) is 3.26. The Hall–Kier alpha value is -1.33. The van der Waals surface area contributed by atoms with Gasteiger partial charge in [-0.1, -0.05) is 18.5 Å². The lowest BCUT2D eigenvalue weighted by molar-refractivity contribution is 0.0691. The van der Waals surface area contributed by atoms with Crippen LogP contribution in [0.25, 0.3) is 0 Å². The Labute approximate surface area is 98.1 Å². The van der Waals surface area contributed by atoms with E-state index in [0.717, 1.165) is 0 Å². The zero-order valence-corrected chi connectivity index (χ0v) is 9.53. The number of aliphatic hydroxyl groups is 1. The number of carbonyl (C=O) groups is 1. The number of anilines is 1. The summed E-state index contributed by atoms with van der Waals surface area (Å²) in [5.74, 6) is -0.784. The molecule has 1 heterocycles. The van der Waals surface area contributed by atoms with Crippen molar-refractivity contribution < 1.29 is 15.0 Å². The summed E-state index contributed by atoms with van der Waals surface area (Å²) >= 11 is 5.68. The topological polar surface area (TPSA) is 82.5 Å². The predicted molar refractivity (Wildman–Crippen MR) is 61.0 cm³/mol. The Balaban J connectivity index is 2.90. The van der Waals surface area contributed by atoms with Gasteiger partial charge in [-0.15, -0.1) is 0 Å². The summed E-state index contributed by atoms with van der Waals surface area (Å²) in [6.45, 7) is 1.87. The van der Waals surface area contributed by atoms with Gasteiger partial charge in [-0.05, 0) is 18.6 Å². The van der Waals surface area contributed by atoms with Crippen LogP contribution in [0.2, 0.25) is 5.02 Å². The second kappa shape index (κ2) is 5.67.